The molecule has 0 aromatic rings. The van der Waals surface area contributed by atoms with E-state index in [0.717, 1.165) is 0 Å². The molecule has 98 valence electrons. The third-order valence-corrected chi connectivity index (χ3v) is 2.28. The standard InChI is InChI=1S/C10H17NO5S/c1-15-9(13)4-3-8(12)11-7(5-6-17)10(14)16-2/h7,17H,3-6H2,1-2H3,(H,11,12). The van der Waals surface area contributed by atoms with Gasteiger partial charge >= 0.3 is 11.9 Å². The lowest BCUT2D eigenvalue weighted by molar-refractivity contribution is -0.145. The largest absolute Gasteiger partial charge is 0.469 e. The van der Waals surface area contributed by atoms with Gasteiger partial charge in [-0.3, -0.25) is 9.59 Å². The van der Waals surface area contributed by atoms with E-state index >= 15 is 0 Å². The Balaban J connectivity index is 4.12. The van der Waals surface area contributed by atoms with Crippen molar-refractivity contribution in [1.29, 1.82) is 0 Å². The second-order valence-corrected chi connectivity index (χ2v) is 3.68. The Hall–Kier alpha value is -1.24. The maximum absolute atomic E-state index is 11.4. The van der Waals surface area contributed by atoms with E-state index in [1.807, 2.05) is 0 Å². The van der Waals surface area contributed by atoms with Crippen molar-refractivity contribution >= 4 is 30.5 Å². The van der Waals surface area contributed by atoms with Gasteiger partial charge in [0.25, 0.3) is 0 Å². The minimum atomic E-state index is -0.720. The van der Waals surface area contributed by atoms with Crippen molar-refractivity contribution in [3.8, 4) is 0 Å². The van der Waals surface area contributed by atoms with Crippen LogP contribution in [-0.4, -0.2) is 43.9 Å². The highest BCUT2D eigenvalue weighted by atomic mass is 32.1. The molecule has 0 saturated heterocycles. The van der Waals surface area contributed by atoms with Gasteiger partial charge in [-0.25, -0.2) is 4.79 Å². The lowest BCUT2D eigenvalue weighted by atomic mass is 10.2. The van der Waals surface area contributed by atoms with Crippen LogP contribution in [0.5, 0.6) is 0 Å². The molecular formula is C10H17NO5S. The molecule has 17 heavy (non-hydrogen) atoms. The zero-order valence-electron chi connectivity index (χ0n) is 9.89. The number of nitrogens with one attached hydrogen (secondary N) is 1. The number of carbonyl (C=O) groups is 3. The van der Waals surface area contributed by atoms with Gasteiger partial charge < -0.3 is 14.8 Å². The molecule has 1 unspecified atom stereocenters. The predicted octanol–water partition coefficient (Wildman–Crippen LogP) is -0.0827. The number of amides is 1. The van der Waals surface area contributed by atoms with Crippen molar-refractivity contribution in [3.63, 3.8) is 0 Å². The molecule has 0 aromatic carbocycles. The van der Waals surface area contributed by atoms with Crippen LogP contribution < -0.4 is 5.32 Å². The molecular weight excluding hydrogens is 246 g/mol. The monoisotopic (exact) mass is 263 g/mol. The first-order chi connectivity index (χ1) is 8.04. The van der Waals surface area contributed by atoms with E-state index in [4.69, 9.17) is 0 Å². The summed E-state index contributed by atoms with van der Waals surface area (Å²) in [5.41, 5.74) is 0. The van der Waals surface area contributed by atoms with Gasteiger partial charge in [0, 0.05) is 6.42 Å². The van der Waals surface area contributed by atoms with Gasteiger partial charge in [-0.1, -0.05) is 0 Å². The van der Waals surface area contributed by atoms with Crippen molar-refractivity contribution in [1.82, 2.24) is 5.32 Å². The fourth-order valence-electron chi connectivity index (χ4n) is 1.10. The normalized spacial score (nSPS) is 11.5. The first-order valence-electron chi connectivity index (χ1n) is 5.10. The average Bonchev–Trinajstić information content (AvgIpc) is 2.34. The maximum atomic E-state index is 11.4. The van der Waals surface area contributed by atoms with Crippen LogP contribution in [0, 0.1) is 0 Å². The first-order valence-corrected chi connectivity index (χ1v) is 5.73. The lowest BCUT2D eigenvalue weighted by Crippen LogP contribution is -2.41. The highest BCUT2D eigenvalue weighted by molar-refractivity contribution is 7.80. The average molecular weight is 263 g/mol. The van der Waals surface area contributed by atoms with Gasteiger partial charge in [0.2, 0.25) is 5.91 Å². The number of ether oxygens (including phenoxy) is 2. The smallest absolute Gasteiger partial charge is 0.328 e. The third kappa shape index (κ3) is 6.83. The second-order valence-electron chi connectivity index (χ2n) is 3.23. The molecule has 0 spiro atoms. The zero-order valence-corrected chi connectivity index (χ0v) is 10.8. The number of rotatable bonds is 7. The molecule has 1 N–H and O–H groups in total. The number of hydrogen-bond donors (Lipinski definition) is 2. The summed E-state index contributed by atoms with van der Waals surface area (Å²) in [4.78, 5) is 33.5. The van der Waals surface area contributed by atoms with Gasteiger partial charge in [0.1, 0.15) is 6.04 Å². The van der Waals surface area contributed by atoms with Crippen molar-refractivity contribution in [3.05, 3.63) is 0 Å². The summed E-state index contributed by atoms with van der Waals surface area (Å²) in [7, 11) is 2.49. The maximum Gasteiger partial charge on any atom is 0.328 e. The van der Waals surface area contributed by atoms with Gasteiger partial charge in [0.05, 0.1) is 20.6 Å². The fourth-order valence-corrected chi connectivity index (χ4v) is 1.36. The molecule has 0 radical (unpaired) electrons. The quantitative estimate of drug-likeness (QED) is 0.496. The van der Waals surface area contributed by atoms with Crippen LogP contribution >= 0.6 is 12.6 Å². The van der Waals surface area contributed by atoms with Gasteiger partial charge in [-0.2, -0.15) is 12.6 Å². The lowest BCUT2D eigenvalue weighted by Gasteiger charge is -2.15. The highest BCUT2D eigenvalue weighted by Gasteiger charge is 2.20. The first kappa shape index (κ1) is 15.8. The molecule has 0 saturated carbocycles. The summed E-state index contributed by atoms with van der Waals surface area (Å²) in [5.74, 6) is -0.946. The number of carbonyl (C=O) groups excluding carboxylic acids is 3. The van der Waals surface area contributed by atoms with Crippen molar-refractivity contribution < 1.29 is 23.9 Å². The Labute approximate surface area is 105 Å². The Morgan fingerprint density at radius 3 is 2.29 bits per heavy atom. The van der Waals surface area contributed by atoms with Crippen LogP contribution in [0.1, 0.15) is 19.3 Å². The Bertz CT molecular complexity index is 282. The van der Waals surface area contributed by atoms with E-state index in [0.29, 0.717) is 12.2 Å². The summed E-state index contributed by atoms with van der Waals surface area (Å²) in [6.07, 6.45) is 0.337. The molecule has 6 nitrogen and oxygen atoms in total. The Morgan fingerprint density at radius 1 is 1.18 bits per heavy atom. The van der Waals surface area contributed by atoms with Crippen molar-refractivity contribution in [2.75, 3.05) is 20.0 Å². The van der Waals surface area contributed by atoms with Gasteiger partial charge in [0.15, 0.2) is 0 Å². The van der Waals surface area contributed by atoms with E-state index in [1.165, 1.54) is 14.2 Å². The highest BCUT2D eigenvalue weighted by Crippen LogP contribution is 1.99. The molecule has 0 aliphatic rings. The predicted molar refractivity (Wildman–Crippen MR) is 63.7 cm³/mol. The molecule has 7 heteroatoms. The van der Waals surface area contributed by atoms with E-state index in [-0.39, 0.29) is 12.8 Å². The number of thiol groups is 1. The Kier molecular flexibility index (Phi) is 8.21. The molecule has 0 aromatic heterocycles. The molecule has 0 heterocycles. The van der Waals surface area contributed by atoms with Crippen LogP contribution in [0.25, 0.3) is 0 Å². The van der Waals surface area contributed by atoms with Crippen LogP contribution in [0.15, 0.2) is 0 Å². The Morgan fingerprint density at radius 2 is 1.82 bits per heavy atom. The number of hydrogen-bond acceptors (Lipinski definition) is 6. The minimum absolute atomic E-state index is 0.0168. The van der Waals surface area contributed by atoms with E-state index < -0.39 is 23.9 Å². The van der Waals surface area contributed by atoms with E-state index in [9.17, 15) is 14.4 Å². The SMILES string of the molecule is COC(=O)CCC(=O)NC(CCS)C(=O)OC. The summed E-state index contributed by atoms with van der Waals surface area (Å²) >= 11 is 3.98. The number of methoxy groups -OCH3 is 2. The van der Waals surface area contributed by atoms with Crippen LogP contribution in [0.2, 0.25) is 0 Å². The molecule has 1 atom stereocenters. The molecule has 0 bridgehead atoms. The van der Waals surface area contributed by atoms with Crippen LogP contribution in [0.4, 0.5) is 0 Å². The summed E-state index contributed by atoms with van der Waals surface area (Å²) in [6, 6.07) is -0.720. The minimum Gasteiger partial charge on any atom is -0.469 e. The summed E-state index contributed by atoms with van der Waals surface area (Å²) in [5, 5.41) is 2.48. The van der Waals surface area contributed by atoms with Crippen LogP contribution in [0.3, 0.4) is 0 Å². The molecule has 1 amide bonds. The van der Waals surface area contributed by atoms with Crippen molar-refractivity contribution in [2.24, 2.45) is 0 Å². The van der Waals surface area contributed by atoms with E-state index in [1.54, 1.807) is 0 Å². The van der Waals surface area contributed by atoms with Crippen molar-refractivity contribution in [2.45, 2.75) is 25.3 Å². The second kappa shape index (κ2) is 8.86. The third-order valence-electron chi connectivity index (χ3n) is 2.02. The molecule has 0 aliphatic heterocycles. The van der Waals surface area contributed by atoms with Gasteiger partial charge in [-0.15, -0.1) is 0 Å². The van der Waals surface area contributed by atoms with Crippen LogP contribution in [-0.2, 0) is 23.9 Å². The topological polar surface area (TPSA) is 81.7 Å². The molecule has 0 rings (SSSR count). The summed E-state index contributed by atoms with van der Waals surface area (Å²) < 4.78 is 8.93. The van der Waals surface area contributed by atoms with E-state index in [2.05, 4.69) is 27.4 Å². The summed E-state index contributed by atoms with van der Waals surface area (Å²) in [6.45, 7) is 0. The number of esters is 2. The zero-order chi connectivity index (χ0) is 13.3. The van der Waals surface area contributed by atoms with Gasteiger partial charge in [-0.05, 0) is 12.2 Å². The molecule has 0 fully saturated rings. The fraction of sp³-hybridized carbons (Fsp3) is 0.700. The molecule has 0 aliphatic carbocycles.